The van der Waals surface area contributed by atoms with Crippen molar-refractivity contribution in [1.82, 2.24) is 14.9 Å². The first-order valence-corrected chi connectivity index (χ1v) is 4.42. The summed E-state index contributed by atoms with van der Waals surface area (Å²) in [4.78, 5) is 4.14. The van der Waals surface area contributed by atoms with Crippen molar-refractivity contribution in [3.05, 3.63) is 18.2 Å². The number of rotatable bonds is 4. The minimum Gasteiger partial charge on any atom is -0.334 e. The Hall–Kier alpha value is -1.27. The Bertz CT molecular complexity index is 303. The highest BCUT2D eigenvalue weighted by Crippen LogP contribution is 1.92. The summed E-state index contributed by atoms with van der Waals surface area (Å²) in [5, 5.41) is 3.23. The largest absolute Gasteiger partial charge is 0.334 e. The summed E-state index contributed by atoms with van der Waals surface area (Å²) in [7, 11) is 0. The monoisotopic (exact) mass is 177 g/mol. The highest BCUT2D eigenvalue weighted by atomic mass is 15.1. The second-order valence-electron chi connectivity index (χ2n) is 2.77. The number of nitrogens with zero attached hydrogens (tertiary/aromatic N) is 2. The fraction of sp³-hybridized carbons (Fsp3) is 0.500. The van der Waals surface area contributed by atoms with Crippen LogP contribution in [-0.4, -0.2) is 22.6 Å². The molecule has 0 unspecified atom stereocenters. The first kappa shape index (κ1) is 9.82. The lowest BCUT2D eigenvalue weighted by Crippen LogP contribution is -2.20. The van der Waals surface area contributed by atoms with Crippen molar-refractivity contribution in [2.45, 2.75) is 20.4 Å². The van der Waals surface area contributed by atoms with Gasteiger partial charge < -0.3 is 9.88 Å². The van der Waals surface area contributed by atoms with Gasteiger partial charge in [-0.1, -0.05) is 5.92 Å². The fourth-order valence-electron chi connectivity index (χ4n) is 1.08. The van der Waals surface area contributed by atoms with Crippen LogP contribution in [0, 0.1) is 18.8 Å². The Labute approximate surface area is 79.2 Å². The Balaban J connectivity index is 2.19. The van der Waals surface area contributed by atoms with Gasteiger partial charge in [0.1, 0.15) is 5.82 Å². The molecule has 0 fully saturated rings. The van der Waals surface area contributed by atoms with Crippen LogP contribution in [0.25, 0.3) is 0 Å². The summed E-state index contributed by atoms with van der Waals surface area (Å²) in [6.45, 7) is 6.51. The molecule has 0 aromatic carbocycles. The van der Waals surface area contributed by atoms with Crippen LogP contribution in [0.3, 0.4) is 0 Å². The number of aryl methyl sites for hydroxylation is 1. The van der Waals surface area contributed by atoms with E-state index in [1.807, 2.05) is 26.2 Å². The van der Waals surface area contributed by atoms with E-state index in [4.69, 9.17) is 0 Å². The van der Waals surface area contributed by atoms with Crippen LogP contribution in [0.4, 0.5) is 0 Å². The molecular formula is C10H15N3. The van der Waals surface area contributed by atoms with Crippen LogP contribution in [0.2, 0.25) is 0 Å². The van der Waals surface area contributed by atoms with Crippen LogP contribution >= 0.6 is 0 Å². The summed E-state index contributed by atoms with van der Waals surface area (Å²) in [5.41, 5.74) is 0. The molecule has 3 nitrogen and oxygen atoms in total. The van der Waals surface area contributed by atoms with E-state index in [9.17, 15) is 0 Å². The molecule has 1 heterocycles. The van der Waals surface area contributed by atoms with Crippen LogP contribution in [0.15, 0.2) is 12.4 Å². The number of hydrogen-bond acceptors (Lipinski definition) is 2. The maximum Gasteiger partial charge on any atom is 0.105 e. The molecule has 0 radical (unpaired) electrons. The molecule has 1 aromatic heterocycles. The van der Waals surface area contributed by atoms with Gasteiger partial charge >= 0.3 is 0 Å². The molecule has 1 aromatic rings. The molecule has 1 N–H and O–H groups in total. The van der Waals surface area contributed by atoms with E-state index >= 15 is 0 Å². The van der Waals surface area contributed by atoms with Crippen LogP contribution in [0.1, 0.15) is 12.7 Å². The molecule has 3 heteroatoms. The zero-order valence-corrected chi connectivity index (χ0v) is 8.17. The average Bonchev–Trinajstić information content (AvgIpc) is 2.52. The first-order valence-electron chi connectivity index (χ1n) is 4.42. The molecule has 0 atom stereocenters. The Morgan fingerprint density at radius 1 is 1.62 bits per heavy atom. The Kier molecular flexibility index (Phi) is 4.07. The molecule has 70 valence electrons. The van der Waals surface area contributed by atoms with Crippen molar-refractivity contribution in [3.63, 3.8) is 0 Å². The lowest BCUT2D eigenvalue weighted by atomic mass is 10.5. The van der Waals surface area contributed by atoms with Gasteiger partial charge in [0.2, 0.25) is 0 Å². The number of imidazole rings is 1. The van der Waals surface area contributed by atoms with E-state index in [0.29, 0.717) is 0 Å². The van der Waals surface area contributed by atoms with Crippen molar-refractivity contribution in [3.8, 4) is 11.8 Å². The second kappa shape index (κ2) is 5.39. The zero-order chi connectivity index (χ0) is 9.52. The van der Waals surface area contributed by atoms with Gasteiger partial charge in [0.05, 0.1) is 6.54 Å². The summed E-state index contributed by atoms with van der Waals surface area (Å²) in [5.74, 6) is 6.86. The first-order chi connectivity index (χ1) is 6.34. The van der Waals surface area contributed by atoms with Crippen molar-refractivity contribution in [2.75, 3.05) is 13.1 Å². The average molecular weight is 177 g/mol. The van der Waals surface area contributed by atoms with Crippen LogP contribution in [-0.2, 0) is 6.54 Å². The lowest BCUT2D eigenvalue weighted by molar-refractivity contribution is 0.615. The van der Waals surface area contributed by atoms with Gasteiger partial charge in [-0.05, 0) is 13.8 Å². The van der Waals surface area contributed by atoms with Gasteiger partial charge in [0.25, 0.3) is 0 Å². The normalized spacial score (nSPS) is 9.38. The lowest BCUT2D eigenvalue weighted by Gasteiger charge is -2.03. The highest BCUT2D eigenvalue weighted by Gasteiger charge is 1.93. The molecule has 0 aliphatic carbocycles. The predicted molar refractivity (Wildman–Crippen MR) is 53.3 cm³/mol. The van der Waals surface area contributed by atoms with E-state index in [0.717, 1.165) is 25.5 Å². The second-order valence-corrected chi connectivity index (χ2v) is 2.77. The number of hydrogen-bond donors (Lipinski definition) is 1. The molecule has 0 saturated carbocycles. The maximum atomic E-state index is 4.14. The molecular weight excluding hydrogens is 162 g/mol. The smallest absolute Gasteiger partial charge is 0.105 e. The molecule has 0 aliphatic heterocycles. The topological polar surface area (TPSA) is 29.9 Å². The van der Waals surface area contributed by atoms with Crippen molar-refractivity contribution in [2.24, 2.45) is 0 Å². The molecule has 0 saturated heterocycles. The van der Waals surface area contributed by atoms with Gasteiger partial charge in [0, 0.05) is 25.5 Å². The van der Waals surface area contributed by atoms with Crippen molar-refractivity contribution < 1.29 is 0 Å². The van der Waals surface area contributed by atoms with E-state index in [1.54, 1.807) is 0 Å². The van der Waals surface area contributed by atoms with E-state index in [1.165, 1.54) is 0 Å². The molecule has 13 heavy (non-hydrogen) atoms. The third kappa shape index (κ3) is 3.30. The van der Waals surface area contributed by atoms with Crippen LogP contribution < -0.4 is 5.32 Å². The quantitative estimate of drug-likeness (QED) is 0.544. The third-order valence-electron chi connectivity index (χ3n) is 1.84. The number of aromatic nitrogens is 2. The summed E-state index contributed by atoms with van der Waals surface area (Å²) in [6.07, 6.45) is 3.81. The van der Waals surface area contributed by atoms with Crippen LogP contribution in [0.5, 0.6) is 0 Å². The third-order valence-corrected chi connectivity index (χ3v) is 1.84. The van der Waals surface area contributed by atoms with Gasteiger partial charge in [-0.2, -0.15) is 0 Å². The molecule has 0 bridgehead atoms. The van der Waals surface area contributed by atoms with E-state index < -0.39 is 0 Å². The van der Waals surface area contributed by atoms with E-state index in [-0.39, 0.29) is 0 Å². The van der Waals surface area contributed by atoms with Gasteiger partial charge in [-0.15, -0.1) is 5.92 Å². The summed E-state index contributed by atoms with van der Waals surface area (Å²) >= 11 is 0. The fourth-order valence-corrected chi connectivity index (χ4v) is 1.08. The van der Waals surface area contributed by atoms with Crippen molar-refractivity contribution >= 4 is 0 Å². The zero-order valence-electron chi connectivity index (χ0n) is 8.17. The molecule has 0 amide bonds. The summed E-state index contributed by atoms with van der Waals surface area (Å²) < 4.78 is 2.12. The SMILES string of the molecule is CC#CCNCCn1ccnc1C. The predicted octanol–water partition coefficient (Wildman–Crippen LogP) is 0.804. The minimum absolute atomic E-state index is 0.768. The summed E-state index contributed by atoms with van der Waals surface area (Å²) in [6, 6.07) is 0. The van der Waals surface area contributed by atoms with E-state index in [2.05, 4.69) is 26.7 Å². The Morgan fingerprint density at radius 2 is 2.46 bits per heavy atom. The maximum absolute atomic E-state index is 4.14. The molecule has 0 aliphatic rings. The van der Waals surface area contributed by atoms with Gasteiger partial charge in [0.15, 0.2) is 0 Å². The minimum atomic E-state index is 0.768. The van der Waals surface area contributed by atoms with Crippen molar-refractivity contribution in [1.29, 1.82) is 0 Å². The molecule has 1 rings (SSSR count). The molecule has 0 spiro atoms. The Morgan fingerprint density at radius 3 is 3.08 bits per heavy atom. The number of nitrogens with one attached hydrogen (secondary N) is 1. The highest BCUT2D eigenvalue weighted by molar-refractivity contribution is 4.97. The van der Waals surface area contributed by atoms with Gasteiger partial charge in [-0.3, -0.25) is 0 Å². The van der Waals surface area contributed by atoms with Gasteiger partial charge in [-0.25, -0.2) is 4.98 Å². The standard InChI is InChI=1S/C10H15N3/c1-3-4-5-11-6-8-13-9-7-12-10(13)2/h7,9,11H,5-6,8H2,1-2H3.